The minimum atomic E-state index is -1.37. The Morgan fingerprint density at radius 1 is 0.750 bits per heavy atom. The van der Waals surface area contributed by atoms with Crippen molar-refractivity contribution in [3.63, 3.8) is 0 Å². The van der Waals surface area contributed by atoms with Gasteiger partial charge in [-0.1, -0.05) is 41.5 Å². The molecule has 0 fully saturated rings. The zero-order chi connectivity index (χ0) is 12.6. The molecule has 0 atom stereocenters. The van der Waals surface area contributed by atoms with Crippen LogP contribution in [0.4, 0.5) is 0 Å². The van der Waals surface area contributed by atoms with Gasteiger partial charge >= 0.3 is 9.28 Å². The van der Waals surface area contributed by atoms with Crippen LogP contribution in [-0.4, -0.2) is 27.4 Å². The lowest BCUT2D eigenvalue weighted by molar-refractivity contribution is 0.414. The van der Waals surface area contributed by atoms with Gasteiger partial charge in [-0.05, 0) is 29.7 Å². The predicted molar refractivity (Wildman–Crippen MR) is 80.6 cm³/mol. The summed E-state index contributed by atoms with van der Waals surface area (Å²) in [6.07, 6.45) is 0. The fraction of sp³-hybridized carbons (Fsp3) is 1.00. The summed E-state index contributed by atoms with van der Waals surface area (Å²) in [6.45, 7) is 13.6. The van der Waals surface area contributed by atoms with Crippen LogP contribution in [0.1, 0.15) is 41.5 Å². The van der Waals surface area contributed by atoms with E-state index in [4.69, 9.17) is 8.23 Å². The molecule has 0 saturated heterocycles. The normalized spacial score (nSPS) is 12.4. The molecule has 0 aliphatic carbocycles. The largest absolute Gasteiger partial charge is 0.441 e. The van der Waals surface area contributed by atoms with Crippen LogP contribution >= 0.6 is 0 Å². The van der Waals surface area contributed by atoms with Gasteiger partial charge in [-0.25, -0.2) is 0 Å². The minimum absolute atomic E-state index is 0.626. The van der Waals surface area contributed by atoms with E-state index < -0.39 is 27.4 Å². The Labute approximate surface area is 107 Å². The van der Waals surface area contributed by atoms with Crippen LogP contribution in [0.3, 0.4) is 0 Å². The molecule has 0 heterocycles. The molecule has 0 bridgehead atoms. The zero-order valence-electron chi connectivity index (χ0n) is 12.0. The fourth-order valence-corrected chi connectivity index (χ4v) is 12.3. The maximum atomic E-state index is 6.33. The average Bonchev–Trinajstić information content (AvgIpc) is 2.29. The highest BCUT2D eigenvalue weighted by molar-refractivity contribution is 6.69. The molecule has 2 nitrogen and oxygen atoms in total. The number of hydrogen-bond donors (Lipinski definition) is 0. The minimum Gasteiger partial charge on any atom is -0.441 e. The maximum absolute atomic E-state index is 6.33. The molecular formula is C11H30O2Si3. The van der Waals surface area contributed by atoms with Crippen LogP contribution in [-0.2, 0) is 8.23 Å². The highest BCUT2D eigenvalue weighted by Gasteiger charge is 2.24. The van der Waals surface area contributed by atoms with Crippen molar-refractivity contribution < 1.29 is 8.23 Å². The van der Waals surface area contributed by atoms with Gasteiger partial charge in [-0.15, -0.1) is 0 Å². The summed E-state index contributed by atoms with van der Waals surface area (Å²) in [5, 5.41) is 0. The lowest BCUT2D eigenvalue weighted by Gasteiger charge is -2.28. The lowest BCUT2D eigenvalue weighted by Crippen LogP contribution is -2.38. The molecule has 0 saturated carbocycles. The van der Waals surface area contributed by atoms with E-state index in [1.54, 1.807) is 0 Å². The molecule has 0 aromatic carbocycles. The van der Waals surface area contributed by atoms with E-state index in [1.165, 1.54) is 24.2 Å². The van der Waals surface area contributed by atoms with Crippen molar-refractivity contribution in [2.45, 2.75) is 71.3 Å². The van der Waals surface area contributed by atoms with Crippen molar-refractivity contribution in [2.75, 3.05) is 0 Å². The third-order valence-corrected chi connectivity index (χ3v) is 13.0. The second kappa shape index (κ2) is 9.59. The van der Waals surface area contributed by atoms with Gasteiger partial charge in [0.25, 0.3) is 0 Å². The molecule has 0 N–H and O–H groups in total. The molecule has 0 aliphatic heterocycles. The quantitative estimate of drug-likeness (QED) is 0.603. The Balaban J connectivity index is 4.25. The Bertz CT molecular complexity index is 145. The molecule has 0 unspecified atom stereocenters. The van der Waals surface area contributed by atoms with E-state index in [1.807, 2.05) is 0 Å². The number of hydrogen-bond acceptors (Lipinski definition) is 2. The van der Waals surface area contributed by atoms with Crippen molar-refractivity contribution in [1.29, 1.82) is 0 Å². The van der Waals surface area contributed by atoms with Crippen LogP contribution in [0.15, 0.2) is 0 Å². The maximum Gasteiger partial charge on any atom is 0.303 e. The van der Waals surface area contributed by atoms with E-state index in [9.17, 15) is 0 Å². The standard InChI is InChI=1S/C11H30O2Si3/c1-7-14(8-2)12-16(11(5)6)13-15(9-3)10-4/h11,14-16H,7-10H2,1-6H3. The van der Waals surface area contributed by atoms with Gasteiger partial charge in [-0.3, -0.25) is 0 Å². The molecule has 0 spiro atoms. The monoisotopic (exact) mass is 278 g/mol. The lowest BCUT2D eigenvalue weighted by atomic mass is 10.6. The first kappa shape index (κ1) is 16.6. The molecular weight excluding hydrogens is 248 g/mol. The SMILES string of the molecule is CC[SiH](CC)O[SiH](O[SiH](CC)CC)C(C)C. The highest BCUT2D eigenvalue weighted by Crippen LogP contribution is 2.16. The first-order chi connectivity index (χ1) is 7.58. The van der Waals surface area contributed by atoms with Crippen molar-refractivity contribution in [3.8, 4) is 0 Å². The van der Waals surface area contributed by atoms with Crippen molar-refractivity contribution in [2.24, 2.45) is 0 Å². The molecule has 0 aromatic rings. The van der Waals surface area contributed by atoms with Gasteiger partial charge in [0.15, 0.2) is 18.1 Å². The van der Waals surface area contributed by atoms with Crippen LogP contribution in [0.25, 0.3) is 0 Å². The first-order valence-corrected chi connectivity index (χ1v) is 12.7. The first-order valence-electron chi connectivity index (χ1n) is 6.89. The van der Waals surface area contributed by atoms with Gasteiger partial charge in [-0.2, -0.15) is 0 Å². The van der Waals surface area contributed by atoms with Crippen molar-refractivity contribution in [1.82, 2.24) is 0 Å². The molecule has 0 aromatic heterocycles. The van der Waals surface area contributed by atoms with E-state index in [0.717, 1.165) is 0 Å². The second-order valence-electron chi connectivity index (χ2n) is 4.76. The predicted octanol–water partition coefficient (Wildman–Crippen LogP) is 3.18. The molecule has 16 heavy (non-hydrogen) atoms. The summed E-state index contributed by atoms with van der Waals surface area (Å²) in [5.41, 5.74) is 0.626. The molecule has 98 valence electrons. The summed E-state index contributed by atoms with van der Waals surface area (Å²) in [5.74, 6) is 0. The highest BCUT2D eigenvalue weighted by atomic mass is 28.4. The smallest absolute Gasteiger partial charge is 0.303 e. The summed E-state index contributed by atoms with van der Waals surface area (Å²) < 4.78 is 12.7. The fourth-order valence-electron chi connectivity index (χ4n) is 1.69. The number of rotatable bonds is 9. The third kappa shape index (κ3) is 6.34. The van der Waals surface area contributed by atoms with Crippen LogP contribution < -0.4 is 0 Å². The summed E-state index contributed by atoms with van der Waals surface area (Å²) >= 11 is 0. The van der Waals surface area contributed by atoms with Crippen LogP contribution in [0, 0.1) is 0 Å². The topological polar surface area (TPSA) is 18.5 Å². The van der Waals surface area contributed by atoms with E-state index in [0.29, 0.717) is 5.54 Å². The Morgan fingerprint density at radius 2 is 1.06 bits per heavy atom. The van der Waals surface area contributed by atoms with E-state index >= 15 is 0 Å². The Hall–Kier alpha value is 0.571. The van der Waals surface area contributed by atoms with Gasteiger partial charge in [0.05, 0.1) is 0 Å². The van der Waals surface area contributed by atoms with Gasteiger partial charge in [0.1, 0.15) is 0 Å². The van der Waals surface area contributed by atoms with E-state index in [-0.39, 0.29) is 0 Å². The molecule has 5 heteroatoms. The Kier molecular flexibility index (Phi) is 9.93. The second-order valence-corrected chi connectivity index (χ2v) is 14.8. The van der Waals surface area contributed by atoms with Crippen molar-refractivity contribution >= 4 is 27.4 Å². The summed E-state index contributed by atoms with van der Waals surface area (Å²) in [7, 11) is -3.23. The van der Waals surface area contributed by atoms with Crippen molar-refractivity contribution in [3.05, 3.63) is 0 Å². The van der Waals surface area contributed by atoms with Crippen LogP contribution in [0.5, 0.6) is 0 Å². The average molecular weight is 279 g/mol. The Morgan fingerprint density at radius 3 is 1.25 bits per heavy atom. The third-order valence-electron chi connectivity index (χ3n) is 3.02. The summed E-state index contributed by atoms with van der Waals surface area (Å²) in [4.78, 5) is 0. The molecule has 0 rings (SSSR count). The summed E-state index contributed by atoms with van der Waals surface area (Å²) in [6, 6.07) is 5.00. The zero-order valence-corrected chi connectivity index (χ0v) is 15.4. The molecule has 0 amide bonds. The van der Waals surface area contributed by atoms with Gasteiger partial charge < -0.3 is 8.23 Å². The molecule has 0 aliphatic rings. The van der Waals surface area contributed by atoms with Gasteiger partial charge in [0, 0.05) is 0 Å². The van der Waals surface area contributed by atoms with Gasteiger partial charge in [0.2, 0.25) is 0 Å². The van der Waals surface area contributed by atoms with E-state index in [2.05, 4.69) is 41.5 Å². The van der Waals surface area contributed by atoms with Crippen LogP contribution in [0.2, 0.25) is 29.7 Å². The molecule has 0 radical (unpaired) electrons.